The van der Waals surface area contributed by atoms with Crippen molar-refractivity contribution < 1.29 is 9.63 Å². The summed E-state index contributed by atoms with van der Waals surface area (Å²) in [4.78, 5) is 18.4. The van der Waals surface area contributed by atoms with Crippen LogP contribution in [0.2, 0.25) is 0 Å². The van der Waals surface area contributed by atoms with Gasteiger partial charge in [-0.2, -0.15) is 10.3 Å². The molecule has 0 saturated carbocycles. The number of hydroxylamine groups is 2. The lowest BCUT2D eigenvalue weighted by Gasteiger charge is -2.55. The van der Waals surface area contributed by atoms with Crippen molar-refractivity contribution in [2.45, 2.75) is 77.4 Å². The summed E-state index contributed by atoms with van der Waals surface area (Å²) in [6.07, 6.45) is 1.30. The summed E-state index contributed by atoms with van der Waals surface area (Å²) in [7, 11) is 1.65. The van der Waals surface area contributed by atoms with Gasteiger partial charge in [0.1, 0.15) is 5.54 Å². The number of carbonyl (C=O) groups excluding carboxylic acids is 1. The first-order valence-electron chi connectivity index (χ1n) is 9.08. The summed E-state index contributed by atoms with van der Waals surface area (Å²) in [6, 6.07) is 8.51. The second kappa shape index (κ2) is 7.02. The van der Waals surface area contributed by atoms with E-state index in [1.165, 1.54) is 0 Å². The molecule has 0 aliphatic carbocycles. The Morgan fingerprint density at radius 2 is 1.81 bits per heavy atom. The molecule has 26 heavy (non-hydrogen) atoms. The highest BCUT2D eigenvalue weighted by Gasteiger charge is 2.54. The predicted octanol–water partition coefficient (Wildman–Crippen LogP) is 3.44. The lowest BCUT2D eigenvalue weighted by molar-refractivity contribution is -0.272. The number of hydrogen-bond acceptors (Lipinski definition) is 4. The molecular weight excluding hydrogens is 326 g/mol. The number of aryl methyl sites for hydroxylation is 2. The number of carbonyl (C=O) groups is 1. The van der Waals surface area contributed by atoms with Crippen LogP contribution in [0.5, 0.6) is 0 Å². The van der Waals surface area contributed by atoms with E-state index >= 15 is 0 Å². The molecule has 5 heteroatoms. The van der Waals surface area contributed by atoms with E-state index in [0.717, 1.165) is 16.7 Å². The van der Waals surface area contributed by atoms with E-state index in [0.29, 0.717) is 12.8 Å². The Labute approximate surface area is 157 Å². The van der Waals surface area contributed by atoms with Gasteiger partial charge in [0.2, 0.25) is 5.91 Å². The third kappa shape index (κ3) is 4.08. The van der Waals surface area contributed by atoms with Crippen LogP contribution in [0.25, 0.3) is 0 Å². The third-order valence-electron chi connectivity index (χ3n) is 5.20. The minimum absolute atomic E-state index is 0.113. The number of hydrogen-bond donors (Lipinski definition) is 1. The molecule has 2 rings (SSSR count). The first-order chi connectivity index (χ1) is 11.9. The van der Waals surface area contributed by atoms with Gasteiger partial charge in [0, 0.05) is 23.9 Å². The molecule has 0 unspecified atom stereocenters. The fourth-order valence-corrected chi connectivity index (χ4v) is 4.67. The highest BCUT2D eigenvalue weighted by Crippen LogP contribution is 2.43. The molecule has 1 amide bonds. The summed E-state index contributed by atoms with van der Waals surface area (Å²) in [5.74, 6) is -0.113. The largest absolute Gasteiger partial charge is 0.337 e. The van der Waals surface area contributed by atoms with Gasteiger partial charge in [-0.25, -0.2) is 0 Å². The molecule has 1 aromatic carbocycles. The fraction of sp³-hybridized carbons (Fsp3) is 0.619. The minimum Gasteiger partial charge on any atom is -0.337 e. The second-order valence-electron chi connectivity index (χ2n) is 8.80. The van der Waals surface area contributed by atoms with E-state index in [9.17, 15) is 10.1 Å². The molecule has 1 fully saturated rings. The zero-order chi connectivity index (χ0) is 19.8. The first kappa shape index (κ1) is 20.4. The van der Waals surface area contributed by atoms with Gasteiger partial charge in [0.25, 0.3) is 0 Å². The molecule has 1 heterocycles. The Morgan fingerprint density at radius 1 is 1.23 bits per heavy atom. The zero-order valence-corrected chi connectivity index (χ0v) is 17.1. The number of nitrogens with zero attached hydrogens (tertiary/aromatic N) is 2. The van der Waals surface area contributed by atoms with Gasteiger partial charge in [-0.1, -0.05) is 23.8 Å². The molecule has 0 aromatic heterocycles. The third-order valence-corrected chi connectivity index (χ3v) is 5.20. The van der Waals surface area contributed by atoms with E-state index in [4.69, 9.17) is 4.84 Å². The minimum atomic E-state index is -0.906. The van der Waals surface area contributed by atoms with Gasteiger partial charge in [0.05, 0.1) is 19.6 Å². The lowest BCUT2D eigenvalue weighted by Crippen LogP contribution is -2.68. The Hall–Kier alpha value is -1.90. The SMILES string of the molecule is CON1C(C)(C)CC(C#N)(NC(=O)Cc2cc(C)ccc2C)CC1(C)C. The van der Waals surface area contributed by atoms with Crippen molar-refractivity contribution in [3.05, 3.63) is 34.9 Å². The Bertz CT molecular complexity index is 713. The quantitative estimate of drug-likeness (QED) is 0.896. The van der Waals surface area contributed by atoms with E-state index in [1.807, 2.05) is 64.8 Å². The van der Waals surface area contributed by atoms with Gasteiger partial charge in [-0.15, -0.1) is 0 Å². The highest BCUT2D eigenvalue weighted by molar-refractivity contribution is 5.80. The van der Waals surface area contributed by atoms with Gasteiger partial charge in [0.15, 0.2) is 0 Å². The average molecular weight is 357 g/mol. The van der Waals surface area contributed by atoms with Gasteiger partial charge < -0.3 is 10.2 Å². The fourth-order valence-electron chi connectivity index (χ4n) is 4.67. The molecule has 5 nitrogen and oxygen atoms in total. The van der Waals surface area contributed by atoms with Crippen LogP contribution in [-0.2, 0) is 16.1 Å². The molecule has 1 aliphatic rings. The molecule has 142 valence electrons. The van der Waals surface area contributed by atoms with Crippen LogP contribution < -0.4 is 5.32 Å². The molecule has 1 saturated heterocycles. The maximum atomic E-state index is 12.8. The van der Waals surface area contributed by atoms with Crippen LogP contribution >= 0.6 is 0 Å². The summed E-state index contributed by atoms with van der Waals surface area (Å²) >= 11 is 0. The van der Waals surface area contributed by atoms with Crippen molar-refractivity contribution in [2.24, 2.45) is 0 Å². The predicted molar refractivity (Wildman–Crippen MR) is 102 cm³/mol. The maximum absolute atomic E-state index is 12.8. The van der Waals surface area contributed by atoms with Crippen LogP contribution in [0.15, 0.2) is 18.2 Å². The maximum Gasteiger partial charge on any atom is 0.225 e. The van der Waals surface area contributed by atoms with Crippen molar-refractivity contribution in [3.8, 4) is 6.07 Å². The van der Waals surface area contributed by atoms with Crippen LogP contribution in [0.3, 0.4) is 0 Å². The normalized spacial score (nSPS) is 21.0. The van der Waals surface area contributed by atoms with Gasteiger partial charge in [-0.3, -0.25) is 4.79 Å². The van der Waals surface area contributed by atoms with Crippen LogP contribution in [0.1, 0.15) is 57.2 Å². The van der Waals surface area contributed by atoms with Gasteiger partial charge >= 0.3 is 0 Å². The number of nitrogens with one attached hydrogen (secondary N) is 1. The summed E-state index contributed by atoms with van der Waals surface area (Å²) < 4.78 is 0. The molecule has 1 N–H and O–H groups in total. The van der Waals surface area contributed by atoms with Crippen LogP contribution in [0, 0.1) is 25.2 Å². The van der Waals surface area contributed by atoms with Gasteiger partial charge in [-0.05, 0) is 52.7 Å². The monoisotopic (exact) mass is 357 g/mol. The topological polar surface area (TPSA) is 65.4 Å². The van der Waals surface area contributed by atoms with Crippen molar-refractivity contribution in [2.75, 3.05) is 7.11 Å². The molecule has 0 spiro atoms. The molecule has 0 radical (unpaired) electrons. The molecule has 1 aliphatic heterocycles. The second-order valence-corrected chi connectivity index (χ2v) is 8.80. The summed E-state index contributed by atoms with van der Waals surface area (Å²) in [5, 5.41) is 14.9. The summed E-state index contributed by atoms with van der Waals surface area (Å²) in [5.41, 5.74) is 1.56. The highest BCUT2D eigenvalue weighted by atomic mass is 16.7. The van der Waals surface area contributed by atoms with Crippen molar-refractivity contribution in [1.82, 2.24) is 10.4 Å². The Balaban J connectivity index is 2.24. The number of rotatable bonds is 4. The van der Waals surface area contributed by atoms with E-state index in [2.05, 4.69) is 11.4 Å². The standard InChI is InChI=1S/C21H31N3O2/c1-15-8-9-16(2)17(10-15)11-18(25)23-21(14-22)12-19(3,4)24(26-7)20(5,6)13-21/h8-10H,11-13H2,1-7H3,(H,23,25). The van der Waals surface area contributed by atoms with Crippen molar-refractivity contribution >= 4 is 5.91 Å². The Kier molecular flexibility index (Phi) is 5.51. The zero-order valence-electron chi connectivity index (χ0n) is 17.1. The molecule has 1 aromatic rings. The van der Waals surface area contributed by atoms with Crippen LogP contribution in [-0.4, -0.2) is 34.7 Å². The smallest absolute Gasteiger partial charge is 0.225 e. The number of nitriles is 1. The molecule has 0 bridgehead atoms. The number of piperidine rings is 1. The number of benzene rings is 1. The molecular formula is C21H31N3O2. The average Bonchev–Trinajstić information content (AvgIpc) is 2.48. The first-order valence-corrected chi connectivity index (χ1v) is 9.08. The summed E-state index contributed by atoms with van der Waals surface area (Å²) in [6.45, 7) is 12.2. The Morgan fingerprint density at radius 3 is 2.31 bits per heavy atom. The van der Waals surface area contributed by atoms with Crippen molar-refractivity contribution in [3.63, 3.8) is 0 Å². The number of amides is 1. The lowest BCUT2D eigenvalue weighted by atomic mass is 9.71. The van der Waals surface area contributed by atoms with E-state index in [-0.39, 0.29) is 23.4 Å². The molecule has 0 atom stereocenters. The van der Waals surface area contributed by atoms with Crippen LogP contribution in [0.4, 0.5) is 0 Å². The van der Waals surface area contributed by atoms with Crippen molar-refractivity contribution in [1.29, 1.82) is 5.26 Å². The van der Waals surface area contributed by atoms with E-state index < -0.39 is 5.54 Å². The van der Waals surface area contributed by atoms with E-state index in [1.54, 1.807) is 7.11 Å².